The van der Waals surface area contributed by atoms with E-state index in [0.29, 0.717) is 0 Å². The monoisotopic (exact) mass is 1010 g/mol. The van der Waals surface area contributed by atoms with E-state index in [1.807, 2.05) is 0 Å². The van der Waals surface area contributed by atoms with Crippen LogP contribution < -0.4 is 25.5 Å². The first-order valence-electron chi connectivity index (χ1n) is 27.7. The molecule has 382 valence electrons. The zero-order valence-electron chi connectivity index (χ0n) is 46.6. The maximum Gasteiger partial charge on any atom is 0.333 e. The Kier molecular flexibility index (Phi) is 11.5. The molecule has 0 bridgehead atoms. The smallest absolute Gasteiger partial charge is 0.333 e. The van der Waals surface area contributed by atoms with E-state index in [0.717, 1.165) is 78.6 Å². The first kappa shape index (κ1) is 49.1. The zero-order chi connectivity index (χ0) is 53.8. The third-order valence-corrected chi connectivity index (χ3v) is 16.4. The summed E-state index contributed by atoms with van der Waals surface area (Å²) < 4.78 is 7.10. The number of nitrogens with zero attached hydrogens (tertiary/aromatic N) is 3. The molecule has 11 aromatic rings. The maximum absolute atomic E-state index is 7.10. The van der Waals surface area contributed by atoms with Crippen LogP contribution in [-0.2, 0) is 16.2 Å². The maximum atomic E-state index is 7.10. The van der Waals surface area contributed by atoms with Crippen LogP contribution >= 0.6 is 0 Å². The second-order valence-corrected chi connectivity index (χ2v) is 24.7. The predicted molar refractivity (Wildman–Crippen MR) is 334 cm³/mol. The number of anilines is 8. The summed E-state index contributed by atoms with van der Waals surface area (Å²) in [6, 6.07) is 81.6. The number of furan rings is 1. The molecule has 78 heavy (non-hydrogen) atoms. The van der Waals surface area contributed by atoms with Gasteiger partial charge in [0.05, 0.1) is 11.1 Å². The molecule has 1 aromatic heterocycles. The lowest BCUT2D eigenvalue weighted by Crippen LogP contribution is -2.61. The highest BCUT2D eigenvalue weighted by Gasteiger charge is 2.47. The van der Waals surface area contributed by atoms with Crippen molar-refractivity contribution in [2.45, 2.75) is 85.5 Å². The van der Waals surface area contributed by atoms with Crippen LogP contribution in [0.4, 0.5) is 45.5 Å². The molecular formula is C73H66BN3O. The van der Waals surface area contributed by atoms with Crippen molar-refractivity contribution < 1.29 is 4.42 Å². The molecule has 0 radical (unpaired) electrons. The first-order chi connectivity index (χ1) is 37.5. The Balaban J connectivity index is 1.13. The molecule has 10 aromatic carbocycles. The van der Waals surface area contributed by atoms with Crippen LogP contribution in [0.2, 0.25) is 0 Å². The van der Waals surface area contributed by atoms with Crippen molar-refractivity contribution >= 4 is 85.2 Å². The molecule has 2 aliphatic rings. The summed E-state index contributed by atoms with van der Waals surface area (Å²) in [4.78, 5) is 7.65. The minimum absolute atomic E-state index is 0.0139. The Hall–Kier alpha value is -8.54. The fourth-order valence-corrected chi connectivity index (χ4v) is 12.2. The van der Waals surface area contributed by atoms with E-state index < -0.39 is 0 Å². The molecule has 0 aliphatic carbocycles. The molecule has 0 N–H and O–H groups in total. The van der Waals surface area contributed by atoms with Gasteiger partial charge in [0.25, 0.3) is 0 Å². The highest BCUT2D eigenvalue weighted by molar-refractivity contribution is 6.94. The van der Waals surface area contributed by atoms with Crippen molar-refractivity contribution in [3.63, 3.8) is 0 Å². The molecule has 0 amide bonds. The lowest BCUT2D eigenvalue weighted by atomic mass is 9.43. The third-order valence-electron chi connectivity index (χ3n) is 16.4. The largest absolute Gasteiger partial charge is 0.456 e. The van der Waals surface area contributed by atoms with Gasteiger partial charge in [-0.05, 0) is 163 Å². The molecule has 5 heteroatoms. The number of benzene rings is 10. The predicted octanol–water partition coefficient (Wildman–Crippen LogP) is 19.3. The molecular weight excluding hydrogens is 946 g/mol. The summed E-state index contributed by atoms with van der Waals surface area (Å²) in [5.74, 6) is 0. The lowest BCUT2D eigenvalue weighted by Gasteiger charge is -2.46. The van der Waals surface area contributed by atoms with Gasteiger partial charge in [0, 0.05) is 50.8 Å². The van der Waals surface area contributed by atoms with Crippen molar-refractivity contribution in [1.29, 1.82) is 0 Å². The zero-order valence-corrected chi connectivity index (χ0v) is 46.6. The van der Waals surface area contributed by atoms with Gasteiger partial charge >= 0.3 is 6.85 Å². The van der Waals surface area contributed by atoms with E-state index in [2.05, 4.69) is 302 Å². The van der Waals surface area contributed by atoms with Gasteiger partial charge in [-0.2, -0.15) is 0 Å². The normalized spacial score (nSPS) is 13.2. The SMILES string of the molecule is Cc1cc(C(C)(C)C)ccc1N1c2cc(-c3ccccc3)ccc2B2c3c(cc4oc5ccccc5c4c31)-c1cc(N(c3ccc(C(C)(C)C)cc3)c3ccc(C(C)(C)C)cc3)ccc1N2c1ccc(-c2ccccc2)cc1. The van der Waals surface area contributed by atoms with Crippen molar-refractivity contribution in [2.24, 2.45) is 0 Å². The van der Waals surface area contributed by atoms with Crippen LogP contribution in [-0.4, -0.2) is 6.85 Å². The van der Waals surface area contributed by atoms with Crippen LogP contribution in [0.25, 0.3) is 55.3 Å². The summed E-state index contributed by atoms with van der Waals surface area (Å²) in [6.45, 7) is 22.7. The standard InChI is InChI=1S/C73H66BN3O/c1-47-43-54(73(8,9)10)32-41-63(47)76-65-44-51(49-21-15-12-16-22-49)27-40-62(65)74-69-61(46-67-68(70(69)76)59-23-17-18-24-66(59)78-67)60-45-58(39-42-64(60)77(74)57-33-25-50(26-34-57)48-19-13-11-14-20-48)75(55-35-28-52(29-36-55)71(2,3)4)56-37-30-53(31-38-56)72(5,6)7/h11-46H,1-10H3. The van der Waals surface area contributed by atoms with Gasteiger partial charge in [0.15, 0.2) is 0 Å². The average Bonchev–Trinajstić information content (AvgIpc) is 3.11. The second-order valence-electron chi connectivity index (χ2n) is 24.7. The molecule has 3 heterocycles. The number of hydrogen-bond donors (Lipinski definition) is 0. The van der Waals surface area contributed by atoms with Gasteiger partial charge < -0.3 is 19.0 Å². The minimum Gasteiger partial charge on any atom is -0.456 e. The van der Waals surface area contributed by atoms with Crippen molar-refractivity contribution in [3.05, 3.63) is 241 Å². The minimum atomic E-state index is -0.217. The molecule has 0 fully saturated rings. The Morgan fingerprint density at radius 3 is 1.54 bits per heavy atom. The van der Waals surface area contributed by atoms with Crippen molar-refractivity contribution in [2.75, 3.05) is 14.6 Å². The molecule has 0 saturated carbocycles. The van der Waals surface area contributed by atoms with Crippen LogP contribution in [0.1, 0.15) is 84.6 Å². The van der Waals surface area contributed by atoms with Crippen LogP contribution in [0.15, 0.2) is 223 Å². The van der Waals surface area contributed by atoms with Crippen LogP contribution in [0, 0.1) is 6.92 Å². The van der Waals surface area contributed by atoms with Gasteiger partial charge in [-0.1, -0.05) is 202 Å². The molecule has 2 aliphatic heterocycles. The van der Waals surface area contributed by atoms with E-state index in [1.165, 1.54) is 55.4 Å². The van der Waals surface area contributed by atoms with Crippen LogP contribution in [0.5, 0.6) is 0 Å². The highest BCUT2D eigenvalue weighted by Crippen LogP contribution is 2.53. The number of para-hydroxylation sites is 1. The number of hydrogen-bond acceptors (Lipinski definition) is 4. The Morgan fingerprint density at radius 1 is 0.410 bits per heavy atom. The lowest BCUT2D eigenvalue weighted by molar-refractivity contribution is 0.589. The average molecular weight is 1010 g/mol. The van der Waals surface area contributed by atoms with Gasteiger partial charge in [0.2, 0.25) is 0 Å². The van der Waals surface area contributed by atoms with Gasteiger partial charge in [-0.25, -0.2) is 0 Å². The molecule has 0 saturated heterocycles. The van der Waals surface area contributed by atoms with Gasteiger partial charge in [-0.15, -0.1) is 0 Å². The summed E-state index contributed by atoms with van der Waals surface area (Å²) in [6.07, 6.45) is 0. The fraction of sp³-hybridized carbons (Fsp3) is 0.178. The summed E-state index contributed by atoms with van der Waals surface area (Å²) in [5.41, 5.74) is 25.4. The second kappa shape index (κ2) is 18.3. The van der Waals surface area contributed by atoms with Gasteiger partial charge in [0.1, 0.15) is 11.2 Å². The Morgan fingerprint density at radius 2 is 0.936 bits per heavy atom. The van der Waals surface area contributed by atoms with E-state index in [1.54, 1.807) is 0 Å². The number of aryl methyl sites for hydroxylation is 1. The highest BCUT2D eigenvalue weighted by atomic mass is 16.3. The number of rotatable bonds is 7. The van der Waals surface area contributed by atoms with Crippen LogP contribution in [0.3, 0.4) is 0 Å². The molecule has 0 atom stereocenters. The third kappa shape index (κ3) is 8.30. The Bertz CT molecular complexity index is 4020. The Labute approximate surface area is 461 Å². The fourth-order valence-electron chi connectivity index (χ4n) is 12.2. The van der Waals surface area contributed by atoms with Crippen molar-refractivity contribution in [3.8, 4) is 33.4 Å². The molecule has 0 unspecified atom stereocenters. The first-order valence-corrected chi connectivity index (χ1v) is 27.7. The van der Waals surface area contributed by atoms with E-state index >= 15 is 0 Å². The van der Waals surface area contributed by atoms with Crippen molar-refractivity contribution in [1.82, 2.24) is 0 Å². The molecule has 4 nitrogen and oxygen atoms in total. The van der Waals surface area contributed by atoms with E-state index in [9.17, 15) is 0 Å². The quantitative estimate of drug-likeness (QED) is 0.148. The summed E-state index contributed by atoms with van der Waals surface area (Å²) in [7, 11) is 0. The number of fused-ring (bicyclic) bond motifs is 8. The summed E-state index contributed by atoms with van der Waals surface area (Å²) in [5, 5.41) is 2.21. The van der Waals surface area contributed by atoms with E-state index in [-0.39, 0.29) is 23.1 Å². The van der Waals surface area contributed by atoms with E-state index in [4.69, 9.17) is 4.42 Å². The molecule has 0 spiro atoms. The van der Waals surface area contributed by atoms with Gasteiger partial charge in [-0.3, -0.25) is 0 Å². The summed E-state index contributed by atoms with van der Waals surface area (Å²) >= 11 is 0. The topological polar surface area (TPSA) is 22.9 Å². The molecule has 13 rings (SSSR count).